The first-order chi connectivity index (χ1) is 13.1. The molecule has 0 aliphatic heterocycles. The Morgan fingerprint density at radius 1 is 1.19 bits per heavy atom. The normalized spacial score (nSPS) is 11.0. The summed E-state index contributed by atoms with van der Waals surface area (Å²) in [5.41, 5.74) is 2.86. The summed E-state index contributed by atoms with van der Waals surface area (Å²) in [7, 11) is 3.18. The second kappa shape index (κ2) is 8.58. The van der Waals surface area contributed by atoms with Gasteiger partial charge in [-0.1, -0.05) is 23.7 Å². The van der Waals surface area contributed by atoms with Crippen molar-refractivity contribution in [1.82, 2.24) is 4.98 Å². The predicted molar refractivity (Wildman–Crippen MR) is 109 cm³/mol. The molecule has 5 nitrogen and oxygen atoms in total. The standard InChI is InChI=1S/C20H16ClN3O2S/c1-25-16-7-8-19(26-2)17(9-16)23-11-14(10-22)20-24-18(12-27-20)13-3-5-15(21)6-4-13/h3-9,11-12,23H,1-2H3. The molecule has 0 bridgehead atoms. The number of anilines is 1. The van der Waals surface area contributed by atoms with Crippen molar-refractivity contribution in [3.05, 3.63) is 64.1 Å². The summed E-state index contributed by atoms with van der Waals surface area (Å²) in [6.07, 6.45) is 1.61. The zero-order valence-corrected chi connectivity index (χ0v) is 16.3. The lowest BCUT2D eigenvalue weighted by atomic mass is 10.2. The second-order valence-corrected chi connectivity index (χ2v) is 6.72. The Hall–Kier alpha value is -3.01. The molecular formula is C20H16ClN3O2S. The second-order valence-electron chi connectivity index (χ2n) is 5.43. The lowest BCUT2D eigenvalue weighted by Gasteiger charge is -2.10. The van der Waals surface area contributed by atoms with Crippen molar-refractivity contribution in [2.45, 2.75) is 0 Å². The van der Waals surface area contributed by atoms with Crippen molar-refractivity contribution in [2.24, 2.45) is 0 Å². The molecule has 1 aromatic heterocycles. The quantitative estimate of drug-likeness (QED) is 0.559. The van der Waals surface area contributed by atoms with Gasteiger partial charge < -0.3 is 14.8 Å². The molecule has 0 amide bonds. The van der Waals surface area contributed by atoms with Gasteiger partial charge in [0, 0.05) is 28.2 Å². The van der Waals surface area contributed by atoms with Gasteiger partial charge in [-0.15, -0.1) is 11.3 Å². The smallest absolute Gasteiger partial charge is 0.142 e. The van der Waals surface area contributed by atoms with Crippen LogP contribution in [0.25, 0.3) is 16.8 Å². The lowest BCUT2D eigenvalue weighted by molar-refractivity contribution is 0.405. The minimum Gasteiger partial charge on any atom is -0.497 e. The van der Waals surface area contributed by atoms with Crippen molar-refractivity contribution >= 4 is 34.2 Å². The third-order valence-corrected chi connectivity index (χ3v) is 4.90. The van der Waals surface area contributed by atoms with E-state index in [1.807, 2.05) is 29.6 Å². The fourth-order valence-electron chi connectivity index (χ4n) is 2.37. The van der Waals surface area contributed by atoms with Crippen LogP contribution in [0.4, 0.5) is 5.69 Å². The minimum atomic E-state index is 0.421. The van der Waals surface area contributed by atoms with Gasteiger partial charge in [-0.3, -0.25) is 0 Å². The zero-order valence-electron chi connectivity index (χ0n) is 14.7. The number of benzene rings is 2. The first-order valence-corrected chi connectivity index (χ1v) is 9.21. The summed E-state index contributed by atoms with van der Waals surface area (Å²) < 4.78 is 10.6. The highest BCUT2D eigenvalue weighted by Gasteiger charge is 2.10. The third kappa shape index (κ3) is 4.40. The third-order valence-electron chi connectivity index (χ3n) is 3.77. The molecule has 0 unspecified atom stereocenters. The number of rotatable bonds is 6. The van der Waals surface area contributed by atoms with Crippen LogP contribution in [0, 0.1) is 11.3 Å². The molecule has 0 saturated carbocycles. The summed E-state index contributed by atoms with van der Waals surface area (Å²) in [5.74, 6) is 1.33. The molecule has 0 aliphatic carbocycles. The van der Waals surface area contributed by atoms with Gasteiger partial charge in [0.25, 0.3) is 0 Å². The van der Waals surface area contributed by atoms with E-state index in [0.29, 0.717) is 32.8 Å². The fraction of sp³-hybridized carbons (Fsp3) is 0.100. The Morgan fingerprint density at radius 3 is 2.63 bits per heavy atom. The molecule has 2 aromatic carbocycles. The molecule has 1 heterocycles. The van der Waals surface area contributed by atoms with Crippen molar-refractivity contribution in [2.75, 3.05) is 19.5 Å². The molecule has 0 fully saturated rings. The lowest BCUT2D eigenvalue weighted by Crippen LogP contribution is -1.96. The molecule has 136 valence electrons. The number of nitrogens with one attached hydrogen (secondary N) is 1. The fourth-order valence-corrected chi connectivity index (χ4v) is 3.29. The zero-order chi connectivity index (χ0) is 19.2. The molecule has 0 atom stereocenters. The maximum atomic E-state index is 9.54. The van der Waals surface area contributed by atoms with Gasteiger partial charge >= 0.3 is 0 Å². The molecule has 3 rings (SSSR count). The SMILES string of the molecule is COc1ccc(OC)c(NC=C(C#N)c2nc(-c3ccc(Cl)cc3)cs2)c1. The molecule has 27 heavy (non-hydrogen) atoms. The van der Waals surface area contributed by atoms with Crippen molar-refractivity contribution in [3.63, 3.8) is 0 Å². The van der Waals surface area contributed by atoms with Gasteiger partial charge in [-0.25, -0.2) is 4.98 Å². The van der Waals surface area contributed by atoms with Gasteiger partial charge in [0.05, 0.1) is 25.6 Å². The van der Waals surface area contributed by atoms with Crippen molar-refractivity contribution in [1.29, 1.82) is 5.26 Å². The van der Waals surface area contributed by atoms with E-state index < -0.39 is 0 Å². The molecule has 1 N–H and O–H groups in total. The highest BCUT2D eigenvalue weighted by atomic mass is 35.5. The molecule has 0 radical (unpaired) electrons. The molecule has 0 aliphatic rings. The van der Waals surface area contributed by atoms with Gasteiger partial charge in [0.1, 0.15) is 28.1 Å². The van der Waals surface area contributed by atoms with Crippen molar-refractivity contribution in [3.8, 4) is 28.8 Å². The Bertz CT molecular complexity index is 1010. The van der Waals surface area contributed by atoms with E-state index in [1.54, 1.807) is 38.6 Å². The van der Waals surface area contributed by atoms with E-state index >= 15 is 0 Å². The number of hydrogen-bond acceptors (Lipinski definition) is 6. The summed E-state index contributed by atoms with van der Waals surface area (Å²) in [5, 5.41) is 15.8. The molecule has 7 heteroatoms. The van der Waals surface area contributed by atoms with Gasteiger partial charge in [0.2, 0.25) is 0 Å². The van der Waals surface area contributed by atoms with Crippen LogP contribution in [0.15, 0.2) is 54.0 Å². The van der Waals surface area contributed by atoms with Gasteiger partial charge in [-0.2, -0.15) is 5.26 Å². The number of allylic oxidation sites excluding steroid dienone is 1. The van der Waals surface area contributed by atoms with Crippen LogP contribution in [0.3, 0.4) is 0 Å². The summed E-state index contributed by atoms with van der Waals surface area (Å²) in [6.45, 7) is 0. The first kappa shape index (κ1) is 18.8. The maximum absolute atomic E-state index is 9.54. The van der Waals surface area contributed by atoms with Crippen LogP contribution in [0.1, 0.15) is 5.01 Å². The Balaban J connectivity index is 1.86. The molecular weight excluding hydrogens is 382 g/mol. The monoisotopic (exact) mass is 397 g/mol. The number of ether oxygens (including phenoxy) is 2. The Labute approximate surface area is 166 Å². The number of aromatic nitrogens is 1. The number of thiazole rings is 1. The van der Waals surface area contributed by atoms with Crippen molar-refractivity contribution < 1.29 is 9.47 Å². The summed E-state index contributed by atoms with van der Waals surface area (Å²) in [4.78, 5) is 4.56. The van der Waals surface area contributed by atoms with Crippen LogP contribution in [-0.4, -0.2) is 19.2 Å². The topological polar surface area (TPSA) is 67.2 Å². The molecule has 0 saturated heterocycles. The summed E-state index contributed by atoms with van der Waals surface area (Å²) in [6, 6.07) is 15.0. The highest BCUT2D eigenvalue weighted by molar-refractivity contribution is 7.11. The largest absolute Gasteiger partial charge is 0.497 e. The van der Waals surface area contributed by atoms with Crippen LogP contribution in [0.2, 0.25) is 5.02 Å². The Kier molecular flexibility index (Phi) is 5.97. The van der Waals surface area contributed by atoms with E-state index in [4.69, 9.17) is 21.1 Å². The van der Waals surface area contributed by atoms with Gasteiger partial charge in [-0.05, 0) is 24.3 Å². The van der Waals surface area contributed by atoms with E-state index in [9.17, 15) is 5.26 Å². The van der Waals surface area contributed by atoms with Crippen LogP contribution in [-0.2, 0) is 0 Å². The van der Waals surface area contributed by atoms with E-state index in [2.05, 4.69) is 16.4 Å². The Morgan fingerprint density at radius 2 is 1.96 bits per heavy atom. The number of nitriles is 1. The minimum absolute atomic E-state index is 0.421. The van der Waals surface area contributed by atoms with Crippen LogP contribution < -0.4 is 14.8 Å². The maximum Gasteiger partial charge on any atom is 0.142 e. The number of methoxy groups -OCH3 is 2. The molecule has 0 spiro atoms. The number of hydrogen-bond donors (Lipinski definition) is 1. The van der Waals surface area contributed by atoms with E-state index in [1.165, 1.54) is 11.3 Å². The van der Waals surface area contributed by atoms with Gasteiger partial charge in [0.15, 0.2) is 0 Å². The predicted octanol–water partition coefficient (Wildman–Crippen LogP) is 5.46. The number of halogens is 1. The summed E-state index contributed by atoms with van der Waals surface area (Å²) >= 11 is 7.33. The van der Waals surface area contributed by atoms with E-state index in [0.717, 1.165) is 11.3 Å². The first-order valence-electron chi connectivity index (χ1n) is 7.95. The van der Waals surface area contributed by atoms with Crippen LogP contribution in [0.5, 0.6) is 11.5 Å². The number of nitrogens with zero attached hydrogens (tertiary/aromatic N) is 2. The highest BCUT2D eigenvalue weighted by Crippen LogP contribution is 2.30. The van der Waals surface area contributed by atoms with E-state index in [-0.39, 0.29) is 0 Å². The van der Waals surface area contributed by atoms with Crippen LogP contribution >= 0.6 is 22.9 Å². The average Bonchev–Trinajstić information content (AvgIpc) is 3.18. The average molecular weight is 398 g/mol. The molecule has 3 aromatic rings.